The fourth-order valence-corrected chi connectivity index (χ4v) is 2.32. The summed E-state index contributed by atoms with van der Waals surface area (Å²) in [5.74, 6) is 0.285. The summed E-state index contributed by atoms with van der Waals surface area (Å²) in [6.45, 7) is 3.94. The van der Waals surface area contributed by atoms with E-state index >= 15 is 0 Å². The van der Waals surface area contributed by atoms with E-state index < -0.39 is 0 Å². The van der Waals surface area contributed by atoms with Gasteiger partial charge in [0.2, 0.25) is 0 Å². The second kappa shape index (κ2) is 3.89. The van der Waals surface area contributed by atoms with Crippen LogP contribution in [-0.4, -0.2) is 21.4 Å². The first-order valence-corrected chi connectivity index (χ1v) is 5.83. The largest absolute Gasteiger partial charge is 0.508 e. The Morgan fingerprint density at radius 3 is 2.82 bits per heavy atom. The Kier molecular flexibility index (Phi) is 2.37. The van der Waals surface area contributed by atoms with Gasteiger partial charge in [0.05, 0.1) is 17.1 Å². The lowest BCUT2D eigenvalue weighted by atomic mass is 10.1. The Morgan fingerprint density at radius 1 is 1.29 bits per heavy atom. The summed E-state index contributed by atoms with van der Waals surface area (Å²) in [4.78, 5) is 0. The number of hydrogen-bond donors (Lipinski definition) is 2. The van der Waals surface area contributed by atoms with Crippen LogP contribution in [-0.2, 0) is 13.0 Å². The standard InChI is InChI=1S/C13H15N3O/c1-9-12-8-14-7-6-13(12)16(15-9)10-2-4-11(17)5-3-10/h2-5,14,17H,6-8H2,1H3. The van der Waals surface area contributed by atoms with Gasteiger partial charge < -0.3 is 10.4 Å². The van der Waals surface area contributed by atoms with Crippen molar-refractivity contribution in [2.45, 2.75) is 19.9 Å². The zero-order valence-electron chi connectivity index (χ0n) is 9.77. The van der Waals surface area contributed by atoms with E-state index in [0.717, 1.165) is 30.9 Å². The maximum absolute atomic E-state index is 9.31. The Balaban J connectivity index is 2.11. The molecular formula is C13H15N3O. The van der Waals surface area contributed by atoms with Crippen molar-refractivity contribution in [3.63, 3.8) is 0 Å². The number of aryl methyl sites for hydroxylation is 1. The summed E-state index contributed by atoms with van der Waals surface area (Å²) in [5, 5.41) is 17.3. The first-order chi connectivity index (χ1) is 8.25. The molecule has 88 valence electrons. The molecule has 0 saturated carbocycles. The van der Waals surface area contributed by atoms with Gasteiger partial charge in [0.25, 0.3) is 0 Å². The number of nitrogens with zero attached hydrogens (tertiary/aromatic N) is 2. The molecule has 1 aliphatic heterocycles. The number of aromatic hydroxyl groups is 1. The van der Waals surface area contributed by atoms with E-state index in [4.69, 9.17) is 0 Å². The molecule has 1 aromatic carbocycles. The molecule has 0 amide bonds. The van der Waals surface area contributed by atoms with Gasteiger partial charge in [-0.3, -0.25) is 0 Å². The van der Waals surface area contributed by atoms with Gasteiger partial charge in [0, 0.05) is 25.1 Å². The lowest BCUT2D eigenvalue weighted by molar-refractivity contribution is 0.475. The number of rotatable bonds is 1. The van der Waals surface area contributed by atoms with Crippen molar-refractivity contribution in [1.29, 1.82) is 0 Å². The van der Waals surface area contributed by atoms with Crippen LogP contribution in [0.3, 0.4) is 0 Å². The maximum Gasteiger partial charge on any atom is 0.115 e. The van der Waals surface area contributed by atoms with Gasteiger partial charge >= 0.3 is 0 Å². The van der Waals surface area contributed by atoms with Gasteiger partial charge in [0.1, 0.15) is 5.75 Å². The van der Waals surface area contributed by atoms with Gasteiger partial charge in [-0.15, -0.1) is 0 Å². The second-order valence-electron chi connectivity index (χ2n) is 4.37. The third-order valence-electron chi connectivity index (χ3n) is 3.23. The Hall–Kier alpha value is -1.81. The molecule has 0 saturated heterocycles. The fourth-order valence-electron chi connectivity index (χ4n) is 2.32. The molecule has 3 rings (SSSR count). The van der Waals surface area contributed by atoms with Gasteiger partial charge in [-0.25, -0.2) is 4.68 Å². The summed E-state index contributed by atoms with van der Waals surface area (Å²) in [6.07, 6.45) is 0.997. The van der Waals surface area contributed by atoms with E-state index in [2.05, 4.69) is 10.4 Å². The molecule has 0 radical (unpaired) electrons. The lowest BCUT2D eigenvalue weighted by Gasteiger charge is -2.15. The molecule has 0 aliphatic carbocycles. The number of hydrogen-bond acceptors (Lipinski definition) is 3. The highest BCUT2D eigenvalue weighted by Gasteiger charge is 2.18. The SMILES string of the molecule is Cc1nn(-c2ccc(O)cc2)c2c1CNCC2. The van der Waals surface area contributed by atoms with Crippen LogP contribution in [0, 0.1) is 6.92 Å². The summed E-state index contributed by atoms with van der Waals surface area (Å²) in [6, 6.07) is 7.17. The smallest absolute Gasteiger partial charge is 0.115 e. The van der Waals surface area contributed by atoms with Crippen LogP contribution in [0.4, 0.5) is 0 Å². The molecule has 0 bridgehead atoms. The number of fused-ring (bicyclic) bond motifs is 1. The Labute approximate surface area is 99.9 Å². The normalized spacial score (nSPS) is 14.6. The minimum absolute atomic E-state index is 0.285. The molecule has 4 nitrogen and oxygen atoms in total. The third kappa shape index (κ3) is 1.70. The lowest BCUT2D eigenvalue weighted by Crippen LogP contribution is -2.24. The van der Waals surface area contributed by atoms with Crippen LogP contribution in [0.1, 0.15) is 17.0 Å². The van der Waals surface area contributed by atoms with Crippen LogP contribution in [0.15, 0.2) is 24.3 Å². The van der Waals surface area contributed by atoms with Crippen molar-refractivity contribution < 1.29 is 5.11 Å². The number of nitrogens with one attached hydrogen (secondary N) is 1. The van der Waals surface area contributed by atoms with E-state index in [0.29, 0.717) is 0 Å². The summed E-state index contributed by atoms with van der Waals surface area (Å²) in [7, 11) is 0. The molecular weight excluding hydrogens is 214 g/mol. The van der Waals surface area contributed by atoms with Crippen LogP contribution in [0.5, 0.6) is 5.75 Å². The molecule has 17 heavy (non-hydrogen) atoms. The molecule has 2 heterocycles. The predicted octanol–water partition coefficient (Wildman–Crippen LogP) is 1.53. The van der Waals surface area contributed by atoms with Gasteiger partial charge in [-0.1, -0.05) is 0 Å². The van der Waals surface area contributed by atoms with Crippen LogP contribution in [0.25, 0.3) is 5.69 Å². The minimum Gasteiger partial charge on any atom is -0.508 e. The molecule has 2 N–H and O–H groups in total. The minimum atomic E-state index is 0.285. The Bertz CT molecular complexity index is 543. The summed E-state index contributed by atoms with van der Waals surface area (Å²) in [5.41, 5.74) is 4.69. The molecule has 0 atom stereocenters. The topological polar surface area (TPSA) is 50.1 Å². The highest BCUT2D eigenvalue weighted by atomic mass is 16.3. The van der Waals surface area contributed by atoms with Crippen LogP contribution < -0.4 is 5.32 Å². The van der Waals surface area contributed by atoms with Gasteiger partial charge in [0.15, 0.2) is 0 Å². The highest BCUT2D eigenvalue weighted by Crippen LogP contribution is 2.22. The van der Waals surface area contributed by atoms with Crippen molar-refractivity contribution in [1.82, 2.24) is 15.1 Å². The summed E-state index contributed by atoms with van der Waals surface area (Å²) >= 11 is 0. The molecule has 4 heteroatoms. The zero-order valence-corrected chi connectivity index (χ0v) is 9.77. The number of phenolic OH excluding ortho intramolecular Hbond substituents is 1. The predicted molar refractivity (Wildman–Crippen MR) is 65.4 cm³/mol. The summed E-state index contributed by atoms with van der Waals surface area (Å²) < 4.78 is 1.99. The number of aromatic nitrogens is 2. The first kappa shape index (κ1) is 10.4. The van der Waals surface area contributed by atoms with Gasteiger partial charge in [-0.2, -0.15) is 5.10 Å². The average Bonchev–Trinajstić information content (AvgIpc) is 2.69. The van der Waals surface area contributed by atoms with Crippen molar-refractivity contribution in [2.75, 3.05) is 6.54 Å². The van der Waals surface area contributed by atoms with Crippen molar-refractivity contribution >= 4 is 0 Å². The van der Waals surface area contributed by atoms with Crippen LogP contribution >= 0.6 is 0 Å². The van der Waals surface area contributed by atoms with E-state index in [-0.39, 0.29) is 5.75 Å². The van der Waals surface area contributed by atoms with Crippen molar-refractivity contribution in [3.05, 3.63) is 41.2 Å². The van der Waals surface area contributed by atoms with Gasteiger partial charge in [-0.05, 0) is 31.2 Å². The Morgan fingerprint density at radius 2 is 2.06 bits per heavy atom. The zero-order chi connectivity index (χ0) is 11.8. The highest BCUT2D eigenvalue weighted by molar-refractivity contribution is 5.41. The number of phenols is 1. The third-order valence-corrected chi connectivity index (χ3v) is 3.23. The van der Waals surface area contributed by atoms with E-state index in [9.17, 15) is 5.11 Å². The van der Waals surface area contributed by atoms with E-state index in [1.807, 2.05) is 23.7 Å². The average molecular weight is 229 g/mol. The molecule has 0 fully saturated rings. The number of benzene rings is 1. The van der Waals surface area contributed by atoms with Crippen molar-refractivity contribution in [3.8, 4) is 11.4 Å². The first-order valence-electron chi connectivity index (χ1n) is 5.83. The fraction of sp³-hybridized carbons (Fsp3) is 0.308. The molecule has 0 spiro atoms. The molecule has 2 aromatic rings. The quantitative estimate of drug-likeness (QED) is 0.779. The molecule has 0 unspecified atom stereocenters. The van der Waals surface area contributed by atoms with Crippen molar-refractivity contribution in [2.24, 2.45) is 0 Å². The van der Waals surface area contributed by atoms with Crippen LogP contribution in [0.2, 0.25) is 0 Å². The molecule has 1 aliphatic rings. The van der Waals surface area contributed by atoms with E-state index in [1.54, 1.807) is 12.1 Å². The monoisotopic (exact) mass is 229 g/mol. The van der Waals surface area contributed by atoms with E-state index in [1.165, 1.54) is 11.3 Å². The second-order valence-corrected chi connectivity index (χ2v) is 4.37. The maximum atomic E-state index is 9.31. The molecule has 1 aromatic heterocycles.